The molecule has 0 aliphatic carbocycles. The number of benzene rings is 1. The molecule has 4 nitrogen and oxygen atoms in total. The van der Waals surface area contributed by atoms with Gasteiger partial charge in [-0.15, -0.1) is 0 Å². The maximum Gasteiger partial charge on any atom is 0.0873 e. The molecule has 1 aromatic carbocycles. The van der Waals surface area contributed by atoms with Gasteiger partial charge in [0.25, 0.3) is 0 Å². The van der Waals surface area contributed by atoms with E-state index in [9.17, 15) is 0 Å². The molecule has 0 spiro atoms. The molecule has 0 bridgehead atoms. The Bertz CT molecular complexity index is 552. The lowest BCUT2D eigenvalue weighted by molar-refractivity contribution is 0.0471. The Morgan fingerprint density at radius 3 is 3.16 bits per heavy atom. The van der Waals surface area contributed by atoms with Gasteiger partial charge in [0.2, 0.25) is 0 Å². The average Bonchev–Trinajstić information content (AvgIpc) is 2.49. The number of thioether (sulfide) groups is 1. The zero-order chi connectivity index (χ0) is 13.1. The molecular weight excluding hydrogens is 258 g/mol. The molecule has 1 aromatic heterocycles. The van der Waals surface area contributed by atoms with E-state index in [4.69, 9.17) is 10.6 Å². The van der Waals surface area contributed by atoms with Crippen molar-refractivity contribution < 1.29 is 4.74 Å². The molecule has 1 aliphatic heterocycles. The summed E-state index contributed by atoms with van der Waals surface area (Å²) in [6.07, 6.45) is 3.81. The molecular formula is C14H17N3OS. The van der Waals surface area contributed by atoms with Gasteiger partial charge >= 0.3 is 0 Å². The third-order valence-corrected chi connectivity index (χ3v) is 4.46. The van der Waals surface area contributed by atoms with E-state index in [1.165, 1.54) is 10.9 Å². The molecule has 1 fully saturated rings. The lowest BCUT2D eigenvalue weighted by Crippen LogP contribution is -2.41. The predicted molar refractivity (Wildman–Crippen MR) is 78.9 cm³/mol. The molecule has 3 N–H and O–H groups in total. The van der Waals surface area contributed by atoms with Crippen LogP contribution in [0.1, 0.15) is 11.6 Å². The SMILES string of the molecule is NNC(c1cccc2cnccc12)C1CSCCO1. The van der Waals surface area contributed by atoms with Crippen molar-refractivity contribution in [1.29, 1.82) is 0 Å². The van der Waals surface area contributed by atoms with E-state index in [0.29, 0.717) is 0 Å². The highest BCUT2D eigenvalue weighted by Crippen LogP contribution is 2.29. The summed E-state index contributed by atoms with van der Waals surface area (Å²) in [6.45, 7) is 0.792. The van der Waals surface area contributed by atoms with E-state index in [-0.39, 0.29) is 12.1 Å². The van der Waals surface area contributed by atoms with Gasteiger partial charge in [-0.05, 0) is 17.0 Å². The molecule has 100 valence electrons. The van der Waals surface area contributed by atoms with Crippen LogP contribution in [-0.4, -0.2) is 29.2 Å². The minimum absolute atomic E-state index is 0.0129. The van der Waals surface area contributed by atoms with Crippen molar-refractivity contribution >= 4 is 22.5 Å². The Kier molecular flexibility index (Phi) is 3.98. The van der Waals surface area contributed by atoms with Crippen molar-refractivity contribution in [3.05, 3.63) is 42.2 Å². The van der Waals surface area contributed by atoms with Gasteiger partial charge in [-0.25, -0.2) is 0 Å². The Hall–Kier alpha value is -1.14. The van der Waals surface area contributed by atoms with E-state index in [0.717, 1.165) is 23.5 Å². The molecule has 19 heavy (non-hydrogen) atoms. The number of nitrogens with one attached hydrogen (secondary N) is 1. The second-order valence-electron chi connectivity index (χ2n) is 4.57. The molecule has 5 heteroatoms. The van der Waals surface area contributed by atoms with Crippen molar-refractivity contribution in [3.63, 3.8) is 0 Å². The summed E-state index contributed by atoms with van der Waals surface area (Å²) in [6, 6.07) is 8.26. The van der Waals surface area contributed by atoms with Gasteiger partial charge in [0, 0.05) is 29.3 Å². The highest BCUT2D eigenvalue weighted by atomic mass is 32.2. The maximum atomic E-state index is 5.86. The first-order valence-corrected chi connectivity index (χ1v) is 7.54. The van der Waals surface area contributed by atoms with E-state index in [2.05, 4.69) is 22.5 Å². The molecule has 2 heterocycles. The molecule has 3 rings (SSSR count). The van der Waals surface area contributed by atoms with Crippen LogP contribution in [0.5, 0.6) is 0 Å². The van der Waals surface area contributed by atoms with Gasteiger partial charge in [0.05, 0.1) is 18.8 Å². The van der Waals surface area contributed by atoms with Crippen molar-refractivity contribution in [2.24, 2.45) is 5.84 Å². The number of hydrogen-bond donors (Lipinski definition) is 2. The fourth-order valence-electron chi connectivity index (χ4n) is 2.51. The standard InChI is InChI=1S/C14H17N3OS/c15-17-14(13-9-19-7-6-18-13)12-3-1-2-10-8-16-5-4-11(10)12/h1-5,8,13-14,17H,6-7,9,15H2. The zero-order valence-corrected chi connectivity index (χ0v) is 11.4. The van der Waals surface area contributed by atoms with E-state index >= 15 is 0 Å². The third kappa shape index (κ3) is 2.60. The van der Waals surface area contributed by atoms with Crippen molar-refractivity contribution in [1.82, 2.24) is 10.4 Å². The topological polar surface area (TPSA) is 60.2 Å². The van der Waals surface area contributed by atoms with Gasteiger partial charge in [0.1, 0.15) is 0 Å². The van der Waals surface area contributed by atoms with E-state index < -0.39 is 0 Å². The first-order chi connectivity index (χ1) is 9.40. The molecule has 1 aliphatic rings. The number of aromatic nitrogens is 1. The summed E-state index contributed by atoms with van der Waals surface area (Å²) in [5.41, 5.74) is 4.10. The third-order valence-electron chi connectivity index (χ3n) is 3.44. The van der Waals surface area contributed by atoms with Crippen molar-refractivity contribution in [2.45, 2.75) is 12.1 Å². The first-order valence-electron chi connectivity index (χ1n) is 6.38. The van der Waals surface area contributed by atoms with E-state index in [1.54, 1.807) is 0 Å². The van der Waals surface area contributed by atoms with Gasteiger partial charge in [-0.1, -0.05) is 18.2 Å². The van der Waals surface area contributed by atoms with Crippen LogP contribution in [-0.2, 0) is 4.74 Å². The van der Waals surface area contributed by atoms with Crippen LogP contribution in [0.25, 0.3) is 10.8 Å². The summed E-state index contributed by atoms with van der Waals surface area (Å²) >= 11 is 1.91. The summed E-state index contributed by atoms with van der Waals surface area (Å²) in [5, 5.41) is 2.31. The van der Waals surface area contributed by atoms with Gasteiger partial charge in [-0.3, -0.25) is 16.3 Å². The van der Waals surface area contributed by atoms with Crippen molar-refractivity contribution in [3.8, 4) is 0 Å². The number of nitrogens with two attached hydrogens (primary N) is 1. The van der Waals surface area contributed by atoms with Crippen LogP contribution >= 0.6 is 11.8 Å². The number of fused-ring (bicyclic) bond motifs is 1. The lowest BCUT2D eigenvalue weighted by Gasteiger charge is -2.30. The van der Waals surface area contributed by atoms with Gasteiger partial charge < -0.3 is 4.74 Å². The second-order valence-corrected chi connectivity index (χ2v) is 5.72. The molecule has 2 atom stereocenters. The highest BCUT2D eigenvalue weighted by molar-refractivity contribution is 7.99. The summed E-state index contributed by atoms with van der Waals surface area (Å²) in [4.78, 5) is 4.16. The highest BCUT2D eigenvalue weighted by Gasteiger charge is 2.26. The fraction of sp³-hybridized carbons (Fsp3) is 0.357. The number of hydrogen-bond acceptors (Lipinski definition) is 5. The first kappa shape index (κ1) is 12.9. The van der Waals surface area contributed by atoms with Crippen molar-refractivity contribution in [2.75, 3.05) is 18.1 Å². The molecule has 2 unspecified atom stereocenters. The minimum atomic E-state index is 0.0129. The molecule has 0 saturated carbocycles. The molecule has 1 saturated heterocycles. The fourth-order valence-corrected chi connectivity index (χ4v) is 3.42. The van der Waals surface area contributed by atoms with Crippen LogP contribution in [0.4, 0.5) is 0 Å². The Balaban J connectivity index is 2.00. The minimum Gasteiger partial charge on any atom is -0.374 e. The number of nitrogens with zero attached hydrogens (tertiary/aromatic N) is 1. The van der Waals surface area contributed by atoms with Gasteiger partial charge in [-0.2, -0.15) is 11.8 Å². The number of pyridine rings is 1. The van der Waals surface area contributed by atoms with Crippen LogP contribution in [0.2, 0.25) is 0 Å². The zero-order valence-electron chi connectivity index (χ0n) is 10.6. The van der Waals surface area contributed by atoms with Crippen LogP contribution in [0, 0.1) is 0 Å². The Morgan fingerprint density at radius 2 is 2.37 bits per heavy atom. The number of rotatable bonds is 3. The van der Waals surface area contributed by atoms with E-state index in [1.807, 2.05) is 36.3 Å². The second kappa shape index (κ2) is 5.88. The predicted octanol–water partition coefficient (Wildman–Crippen LogP) is 1.87. The lowest BCUT2D eigenvalue weighted by atomic mass is 9.97. The Morgan fingerprint density at radius 1 is 1.42 bits per heavy atom. The molecule has 0 amide bonds. The van der Waals surface area contributed by atoms with Crippen LogP contribution < -0.4 is 11.3 Å². The quantitative estimate of drug-likeness (QED) is 0.661. The largest absolute Gasteiger partial charge is 0.374 e. The van der Waals surface area contributed by atoms with Crippen LogP contribution in [0.15, 0.2) is 36.7 Å². The van der Waals surface area contributed by atoms with Gasteiger partial charge in [0.15, 0.2) is 0 Å². The number of hydrazine groups is 1. The smallest absolute Gasteiger partial charge is 0.0873 e. The monoisotopic (exact) mass is 275 g/mol. The van der Waals surface area contributed by atoms with Crippen LogP contribution in [0.3, 0.4) is 0 Å². The average molecular weight is 275 g/mol. The summed E-state index contributed by atoms with van der Waals surface area (Å²) in [7, 11) is 0. The normalized spacial score (nSPS) is 21.4. The Labute approximate surface area is 116 Å². The summed E-state index contributed by atoms with van der Waals surface area (Å²) < 4.78 is 5.86. The molecule has 2 aromatic rings. The summed E-state index contributed by atoms with van der Waals surface area (Å²) in [5.74, 6) is 7.80. The maximum absolute atomic E-state index is 5.86. The molecule has 0 radical (unpaired) electrons. The number of ether oxygens (including phenoxy) is 1.